The Hall–Kier alpha value is -1.84. The summed E-state index contributed by atoms with van der Waals surface area (Å²) < 4.78 is 0. The number of benzene rings is 1. The highest BCUT2D eigenvalue weighted by Gasteiger charge is 2.10. The van der Waals surface area contributed by atoms with Gasteiger partial charge < -0.3 is 10.0 Å². The standard InChI is InChI=1S/C14H19NO3/c1-11-5-3-6-13(9-11)10-15(12(2)16)8-4-7-14(17)18/h3,5-6,9H,4,7-8,10H2,1-2H3,(H,17,18). The Morgan fingerprint density at radius 2 is 2.06 bits per heavy atom. The average Bonchev–Trinajstić information content (AvgIpc) is 2.27. The molecule has 1 amide bonds. The fourth-order valence-electron chi connectivity index (χ4n) is 1.80. The second-order valence-corrected chi connectivity index (χ2v) is 4.43. The summed E-state index contributed by atoms with van der Waals surface area (Å²) in [4.78, 5) is 23.6. The molecule has 1 N–H and O–H groups in total. The normalized spacial score (nSPS) is 10.1. The van der Waals surface area contributed by atoms with Gasteiger partial charge in [0.1, 0.15) is 0 Å². The molecule has 98 valence electrons. The Bertz CT molecular complexity index is 429. The molecule has 4 heteroatoms. The van der Waals surface area contributed by atoms with E-state index in [1.165, 1.54) is 6.92 Å². The van der Waals surface area contributed by atoms with Crippen LogP contribution in [0.2, 0.25) is 0 Å². The van der Waals surface area contributed by atoms with Gasteiger partial charge in [-0.2, -0.15) is 0 Å². The Morgan fingerprint density at radius 3 is 2.61 bits per heavy atom. The number of nitrogens with zero attached hydrogens (tertiary/aromatic N) is 1. The average molecular weight is 249 g/mol. The molecular formula is C14H19NO3. The lowest BCUT2D eigenvalue weighted by Crippen LogP contribution is -2.29. The first-order valence-corrected chi connectivity index (χ1v) is 6.02. The Kier molecular flexibility index (Phi) is 5.36. The second kappa shape index (κ2) is 6.79. The third-order valence-electron chi connectivity index (χ3n) is 2.72. The lowest BCUT2D eigenvalue weighted by Gasteiger charge is -2.21. The molecule has 0 saturated carbocycles. The number of carboxylic acid groups (broad SMARTS) is 1. The van der Waals surface area contributed by atoms with Gasteiger partial charge in [0.15, 0.2) is 0 Å². The fraction of sp³-hybridized carbons (Fsp3) is 0.429. The van der Waals surface area contributed by atoms with Gasteiger partial charge in [-0.3, -0.25) is 9.59 Å². The van der Waals surface area contributed by atoms with Crippen molar-refractivity contribution in [2.75, 3.05) is 6.54 Å². The van der Waals surface area contributed by atoms with Crippen LogP contribution in [-0.2, 0) is 16.1 Å². The van der Waals surface area contributed by atoms with Crippen molar-refractivity contribution in [1.29, 1.82) is 0 Å². The smallest absolute Gasteiger partial charge is 0.303 e. The molecule has 18 heavy (non-hydrogen) atoms. The molecule has 4 nitrogen and oxygen atoms in total. The first-order valence-electron chi connectivity index (χ1n) is 6.02. The Balaban J connectivity index is 2.57. The van der Waals surface area contributed by atoms with Crippen molar-refractivity contribution in [3.63, 3.8) is 0 Å². The highest BCUT2D eigenvalue weighted by Crippen LogP contribution is 2.09. The van der Waals surface area contributed by atoms with Crippen LogP contribution in [0.3, 0.4) is 0 Å². The zero-order valence-corrected chi connectivity index (χ0v) is 10.8. The van der Waals surface area contributed by atoms with E-state index in [9.17, 15) is 9.59 Å². The molecule has 0 fully saturated rings. The summed E-state index contributed by atoms with van der Waals surface area (Å²) in [6.45, 7) is 4.54. The van der Waals surface area contributed by atoms with Gasteiger partial charge in [-0.15, -0.1) is 0 Å². The maximum Gasteiger partial charge on any atom is 0.303 e. The summed E-state index contributed by atoms with van der Waals surface area (Å²) in [5, 5.41) is 8.59. The molecule has 0 radical (unpaired) electrons. The van der Waals surface area contributed by atoms with Gasteiger partial charge in [-0.25, -0.2) is 0 Å². The maximum absolute atomic E-state index is 11.5. The number of hydrogen-bond acceptors (Lipinski definition) is 2. The largest absolute Gasteiger partial charge is 0.481 e. The van der Waals surface area contributed by atoms with Gasteiger partial charge in [-0.1, -0.05) is 29.8 Å². The number of amides is 1. The van der Waals surface area contributed by atoms with Gasteiger partial charge in [0.25, 0.3) is 0 Å². The van der Waals surface area contributed by atoms with Crippen molar-refractivity contribution in [3.8, 4) is 0 Å². The van der Waals surface area contributed by atoms with Crippen LogP contribution in [0.1, 0.15) is 30.9 Å². The fourth-order valence-corrected chi connectivity index (χ4v) is 1.80. The van der Waals surface area contributed by atoms with Crippen LogP contribution in [0, 0.1) is 6.92 Å². The van der Waals surface area contributed by atoms with Crippen LogP contribution in [0.4, 0.5) is 0 Å². The van der Waals surface area contributed by atoms with E-state index in [2.05, 4.69) is 0 Å². The third kappa shape index (κ3) is 4.99. The van der Waals surface area contributed by atoms with E-state index in [4.69, 9.17) is 5.11 Å². The van der Waals surface area contributed by atoms with Gasteiger partial charge in [-0.05, 0) is 18.9 Å². The predicted octanol–water partition coefficient (Wildman–Crippen LogP) is 2.21. The quantitative estimate of drug-likeness (QED) is 0.841. The highest BCUT2D eigenvalue weighted by molar-refractivity contribution is 5.73. The Morgan fingerprint density at radius 1 is 1.33 bits per heavy atom. The molecule has 0 aromatic heterocycles. The number of carbonyl (C=O) groups is 2. The SMILES string of the molecule is CC(=O)N(CCCC(=O)O)Cc1cccc(C)c1. The number of aliphatic carboxylic acids is 1. The van der Waals surface area contributed by atoms with Crippen LogP contribution in [0.5, 0.6) is 0 Å². The van der Waals surface area contributed by atoms with Crippen molar-refractivity contribution in [2.24, 2.45) is 0 Å². The molecule has 1 aromatic carbocycles. The molecule has 0 aliphatic carbocycles. The topological polar surface area (TPSA) is 57.6 Å². The minimum atomic E-state index is -0.825. The Labute approximate surface area is 107 Å². The zero-order valence-electron chi connectivity index (χ0n) is 10.8. The van der Waals surface area contributed by atoms with Gasteiger partial charge >= 0.3 is 5.97 Å². The molecule has 0 bridgehead atoms. The number of carbonyl (C=O) groups excluding carboxylic acids is 1. The second-order valence-electron chi connectivity index (χ2n) is 4.43. The summed E-state index contributed by atoms with van der Waals surface area (Å²) in [5.74, 6) is -0.851. The number of aryl methyl sites for hydroxylation is 1. The molecule has 1 rings (SSSR count). The molecule has 0 atom stereocenters. The van der Waals surface area contributed by atoms with E-state index in [0.29, 0.717) is 19.5 Å². The maximum atomic E-state index is 11.5. The van der Waals surface area contributed by atoms with Crippen LogP contribution in [-0.4, -0.2) is 28.4 Å². The number of carboxylic acids is 1. The number of rotatable bonds is 6. The molecule has 1 aromatic rings. The molecule has 0 saturated heterocycles. The molecule has 0 aliphatic heterocycles. The summed E-state index contributed by atoms with van der Waals surface area (Å²) in [7, 11) is 0. The first kappa shape index (κ1) is 14.2. The first-order chi connectivity index (χ1) is 8.49. The van der Waals surface area contributed by atoms with Crippen molar-refractivity contribution in [1.82, 2.24) is 4.90 Å². The van der Waals surface area contributed by atoms with Crippen molar-refractivity contribution in [2.45, 2.75) is 33.2 Å². The van der Waals surface area contributed by atoms with E-state index in [0.717, 1.165) is 11.1 Å². The molecular weight excluding hydrogens is 230 g/mol. The van der Waals surface area contributed by atoms with E-state index >= 15 is 0 Å². The zero-order chi connectivity index (χ0) is 13.5. The molecule has 0 aliphatic rings. The highest BCUT2D eigenvalue weighted by atomic mass is 16.4. The van der Waals surface area contributed by atoms with Crippen molar-refractivity contribution < 1.29 is 14.7 Å². The van der Waals surface area contributed by atoms with Gasteiger partial charge in [0.05, 0.1) is 0 Å². The third-order valence-corrected chi connectivity index (χ3v) is 2.72. The monoisotopic (exact) mass is 249 g/mol. The lowest BCUT2D eigenvalue weighted by atomic mass is 10.1. The predicted molar refractivity (Wildman–Crippen MR) is 69.1 cm³/mol. The van der Waals surface area contributed by atoms with E-state index in [-0.39, 0.29) is 12.3 Å². The molecule has 0 heterocycles. The van der Waals surface area contributed by atoms with E-state index in [1.54, 1.807) is 4.90 Å². The van der Waals surface area contributed by atoms with Crippen LogP contribution < -0.4 is 0 Å². The van der Waals surface area contributed by atoms with Crippen molar-refractivity contribution >= 4 is 11.9 Å². The molecule has 0 spiro atoms. The minimum absolute atomic E-state index is 0.0260. The van der Waals surface area contributed by atoms with E-state index in [1.807, 2.05) is 31.2 Å². The van der Waals surface area contributed by atoms with Gasteiger partial charge in [0, 0.05) is 26.4 Å². The summed E-state index contributed by atoms with van der Waals surface area (Å²) in [6, 6.07) is 7.97. The summed E-state index contributed by atoms with van der Waals surface area (Å²) in [6.07, 6.45) is 0.582. The van der Waals surface area contributed by atoms with Gasteiger partial charge in [0.2, 0.25) is 5.91 Å². The summed E-state index contributed by atoms with van der Waals surface area (Å²) in [5.41, 5.74) is 2.22. The van der Waals surface area contributed by atoms with E-state index < -0.39 is 5.97 Å². The van der Waals surface area contributed by atoms with Crippen LogP contribution in [0.25, 0.3) is 0 Å². The van der Waals surface area contributed by atoms with Crippen LogP contribution >= 0.6 is 0 Å². The number of hydrogen-bond donors (Lipinski definition) is 1. The van der Waals surface area contributed by atoms with Crippen molar-refractivity contribution in [3.05, 3.63) is 35.4 Å². The summed E-state index contributed by atoms with van der Waals surface area (Å²) >= 11 is 0. The lowest BCUT2D eigenvalue weighted by molar-refractivity contribution is -0.138. The minimum Gasteiger partial charge on any atom is -0.481 e. The van der Waals surface area contributed by atoms with Crippen LogP contribution in [0.15, 0.2) is 24.3 Å². The molecule has 0 unspecified atom stereocenters.